The number of piperidine rings is 1. The lowest BCUT2D eigenvalue weighted by atomic mass is 10.1. The number of rotatable bonds is 5. The lowest BCUT2D eigenvalue weighted by Gasteiger charge is -2.34. The summed E-state index contributed by atoms with van der Waals surface area (Å²) in [5.41, 5.74) is 1.05. The molecule has 1 atom stereocenters. The normalized spacial score (nSPS) is 16.9. The van der Waals surface area contributed by atoms with Crippen LogP contribution in [0.5, 0.6) is 0 Å². The second-order valence-corrected chi connectivity index (χ2v) is 7.20. The van der Waals surface area contributed by atoms with Gasteiger partial charge >= 0.3 is 0 Å². The number of halogens is 2. The maximum Gasteiger partial charge on any atom is 0.239 e. The number of nitrogens with one attached hydrogen (secondary N) is 3. The molecule has 9 heteroatoms. The average Bonchev–Trinajstić information content (AvgIpc) is 3.16. The topological polar surface area (TPSA) is 85.9 Å². The van der Waals surface area contributed by atoms with Crippen LogP contribution in [0.3, 0.4) is 0 Å². The van der Waals surface area contributed by atoms with E-state index in [0.29, 0.717) is 11.6 Å². The molecule has 28 heavy (non-hydrogen) atoms. The number of benzene rings is 1. The fourth-order valence-electron chi connectivity index (χ4n) is 3.49. The van der Waals surface area contributed by atoms with Gasteiger partial charge in [0, 0.05) is 30.4 Å². The molecule has 0 saturated carbocycles. The Bertz CT molecular complexity index is 993. The Hall–Kier alpha value is -2.87. The van der Waals surface area contributed by atoms with Crippen molar-refractivity contribution in [3.05, 3.63) is 47.6 Å². The second-order valence-electron chi connectivity index (χ2n) is 6.77. The van der Waals surface area contributed by atoms with Crippen molar-refractivity contribution in [3.63, 3.8) is 0 Å². The van der Waals surface area contributed by atoms with Crippen LogP contribution in [0, 0.1) is 5.82 Å². The maximum absolute atomic E-state index is 13.8. The lowest BCUT2D eigenvalue weighted by molar-refractivity contribution is -0.120. The van der Waals surface area contributed by atoms with Gasteiger partial charge in [-0.3, -0.25) is 4.79 Å². The molecule has 2 aromatic heterocycles. The smallest absolute Gasteiger partial charge is 0.239 e. The Morgan fingerprint density at radius 1 is 1.36 bits per heavy atom. The summed E-state index contributed by atoms with van der Waals surface area (Å²) in [6.07, 6.45) is 5.22. The van der Waals surface area contributed by atoms with Crippen LogP contribution >= 0.6 is 11.6 Å². The third-order valence-electron chi connectivity index (χ3n) is 4.79. The van der Waals surface area contributed by atoms with E-state index in [-0.39, 0.29) is 24.2 Å². The Labute approximate surface area is 166 Å². The minimum Gasteiger partial charge on any atom is -0.374 e. The fraction of sp³-hybridized carbons (Fsp3) is 0.316. The van der Waals surface area contributed by atoms with Crippen LogP contribution in [-0.2, 0) is 4.79 Å². The van der Waals surface area contributed by atoms with Crippen LogP contribution < -0.4 is 15.5 Å². The number of hydrogen-bond donors (Lipinski definition) is 3. The molecular weight excluding hydrogens is 383 g/mol. The number of amides is 1. The van der Waals surface area contributed by atoms with Crippen molar-refractivity contribution in [3.8, 4) is 0 Å². The van der Waals surface area contributed by atoms with E-state index in [2.05, 4.69) is 30.5 Å². The molecule has 1 aromatic carbocycles. The van der Waals surface area contributed by atoms with Crippen molar-refractivity contribution >= 4 is 40.0 Å². The Morgan fingerprint density at radius 3 is 3.11 bits per heavy atom. The molecule has 3 N–H and O–H groups in total. The summed E-state index contributed by atoms with van der Waals surface area (Å²) in [5, 5.41) is 7.11. The minimum absolute atomic E-state index is 0.00192. The highest BCUT2D eigenvalue weighted by atomic mass is 35.5. The van der Waals surface area contributed by atoms with Gasteiger partial charge in [-0.2, -0.15) is 0 Å². The Balaban J connectivity index is 1.36. The molecule has 1 saturated heterocycles. The highest BCUT2D eigenvalue weighted by molar-refractivity contribution is 6.30. The number of fused-ring (bicyclic) bond motifs is 1. The first-order chi connectivity index (χ1) is 13.6. The number of anilines is 2. The van der Waals surface area contributed by atoms with E-state index < -0.39 is 5.82 Å². The number of carbonyl (C=O) groups excluding carboxylic acids is 1. The molecule has 146 valence electrons. The van der Waals surface area contributed by atoms with Crippen LogP contribution in [0.25, 0.3) is 11.0 Å². The molecule has 1 aliphatic heterocycles. The van der Waals surface area contributed by atoms with E-state index in [0.717, 1.165) is 36.2 Å². The molecule has 4 rings (SSSR count). The van der Waals surface area contributed by atoms with E-state index in [1.165, 1.54) is 12.1 Å². The zero-order chi connectivity index (χ0) is 19.5. The van der Waals surface area contributed by atoms with Crippen molar-refractivity contribution in [2.45, 2.75) is 18.9 Å². The second kappa shape index (κ2) is 8.02. The SMILES string of the molecule is O=C(CNc1ccc(Cl)cc1F)N[C@@H]1CCCN(c2ncnc3[nH]ccc23)C1. The lowest BCUT2D eigenvalue weighted by Crippen LogP contribution is -2.49. The summed E-state index contributed by atoms with van der Waals surface area (Å²) in [5.74, 6) is 0.200. The quantitative estimate of drug-likeness (QED) is 0.611. The summed E-state index contributed by atoms with van der Waals surface area (Å²) >= 11 is 5.74. The zero-order valence-electron chi connectivity index (χ0n) is 15.1. The number of aromatic nitrogens is 3. The fourth-order valence-corrected chi connectivity index (χ4v) is 3.64. The summed E-state index contributed by atoms with van der Waals surface area (Å²) in [6, 6.07) is 6.27. The van der Waals surface area contributed by atoms with Crippen LogP contribution in [-0.4, -0.2) is 46.5 Å². The van der Waals surface area contributed by atoms with Crippen molar-refractivity contribution in [1.29, 1.82) is 0 Å². The number of H-pyrrole nitrogens is 1. The third kappa shape index (κ3) is 4.01. The maximum atomic E-state index is 13.8. The van der Waals surface area contributed by atoms with Gasteiger partial charge in [-0.25, -0.2) is 14.4 Å². The third-order valence-corrected chi connectivity index (χ3v) is 5.02. The number of carbonyl (C=O) groups is 1. The van der Waals surface area contributed by atoms with Gasteiger partial charge < -0.3 is 20.5 Å². The highest BCUT2D eigenvalue weighted by Crippen LogP contribution is 2.25. The molecule has 0 bridgehead atoms. The van der Waals surface area contributed by atoms with Crippen LogP contribution in [0.2, 0.25) is 5.02 Å². The van der Waals surface area contributed by atoms with E-state index in [9.17, 15) is 9.18 Å². The van der Waals surface area contributed by atoms with Gasteiger partial charge in [0.15, 0.2) is 0 Å². The largest absolute Gasteiger partial charge is 0.374 e. The van der Waals surface area contributed by atoms with Gasteiger partial charge in [-0.1, -0.05) is 11.6 Å². The number of nitrogens with zero attached hydrogens (tertiary/aromatic N) is 3. The Morgan fingerprint density at radius 2 is 2.25 bits per heavy atom. The zero-order valence-corrected chi connectivity index (χ0v) is 15.8. The summed E-state index contributed by atoms with van der Waals surface area (Å²) in [7, 11) is 0. The number of hydrogen-bond acceptors (Lipinski definition) is 5. The first kappa shape index (κ1) is 18.5. The van der Waals surface area contributed by atoms with E-state index in [1.54, 1.807) is 12.4 Å². The molecule has 0 radical (unpaired) electrons. The van der Waals surface area contributed by atoms with E-state index in [1.807, 2.05) is 12.3 Å². The summed E-state index contributed by atoms with van der Waals surface area (Å²) in [4.78, 5) is 26.2. The average molecular weight is 403 g/mol. The molecule has 3 heterocycles. The molecular formula is C19H20ClFN6O. The van der Waals surface area contributed by atoms with Gasteiger partial charge in [-0.05, 0) is 37.1 Å². The predicted molar refractivity (Wildman–Crippen MR) is 107 cm³/mol. The van der Waals surface area contributed by atoms with Gasteiger partial charge in [0.05, 0.1) is 17.6 Å². The minimum atomic E-state index is -0.483. The van der Waals surface area contributed by atoms with Crippen LogP contribution in [0.1, 0.15) is 12.8 Å². The Kier molecular flexibility index (Phi) is 5.29. The molecule has 0 spiro atoms. The van der Waals surface area contributed by atoms with E-state index >= 15 is 0 Å². The van der Waals surface area contributed by atoms with Crippen molar-refractivity contribution in [2.24, 2.45) is 0 Å². The summed E-state index contributed by atoms with van der Waals surface area (Å²) in [6.45, 7) is 1.53. The highest BCUT2D eigenvalue weighted by Gasteiger charge is 2.24. The molecule has 0 unspecified atom stereocenters. The molecule has 3 aromatic rings. The molecule has 1 fully saturated rings. The van der Waals surface area contributed by atoms with Gasteiger partial charge in [0.25, 0.3) is 0 Å². The standard InChI is InChI=1S/C19H20ClFN6O/c20-12-3-4-16(15(21)8-12)23-9-17(28)26-13-2-1-7-27(10-13)19-14-5-6-22-18(14)24-11-25-19/h3-6,8,11,13,23H,1-2,7,9-10H2,(H,26,28)(H,22,24,25)/t13-/m1/s1. The number of aromatic amines is 1. The molecule has 1 amide bonds. The molecule has 0 aliphatic carbocycles. The van der Waals surface area contributed by atoms with Crippen molar-refractivity contribution < 1.29 is 9.18 Å². The first-order valence-electron chi connectivity index (χ1n) is 9.11. The monoisotopic (exact) mass is 402 g/mol. The van der Waals surface area contributed by atoms with Crippen molar-refractivity contribution in [1.82, 2.24) is 20.3 Å². The van der Waals surface area contributed by atoms with Gasteiger partial charge in [-0.15, -0.1) is 0 Å². The van der Waals surface area contributed by atoms with Crippen LogP contribution in [0.15, 0.2) is 36.8 Å². The molecule has 7 nitrogen and oxygen atoms in total. The molecule has 1 aliphatic rings. The predicted octanol–water partition coefficient (Wildman–Crippen LogP) is 2.95. The van der Waals surface area contributed by atoms with Gasteiger partial charge in [0.2, 0.25) is 5.91 Å². The van der Waals surface area contributed by atoms with Crippen molar-refractivity contribution in [2.75, 3.05) is 29.9 Å². The first-order valence-corrected chi connectivity index (χ1v) is 9.49. The van der Waals surface area contributed by atoms with E-state index in [4.69, 9.17) is 11.6 Å². The summed E-state index contributed by atoms with van der Waals surface area (Å²) < 4.78 is 13.8. The van der Waals surface area contributed by atoms with Crippen LogP contribution in [0.4, 0.5) is 15.9 Å². The van der Waals surface area contributed by atoms with Gasteiger partial charge in [0.1, 0.15) is 23.6 Å².